The van der Waals surface area contributed by atoms with Crippen LogP contribution in [0.1, 0.15) is 48.6 Å². The highest BCUT2D eigenvalue weighted by Crippen LogP contribution is 2.35. The van der Waals surface area contributed by atoms with Crippen molar-refractivity contribution in [2.45, 2.75) is 50.2 Å². The highest BCUT2D eigenvalue weighted by molar-refractivity contribution is 6.42. The van der Waals surface area contributed by atoms with E-state index in [0.717, 1.165) is 36.9 Å². The molecule has 0 bridgehead atoms. The number of ether oxygens (including phenoxy) is 2. The molecule has 218 valence electrons. The number of piperazine rings is 1. The second kappa shape index (κ2) is 13.6. The number of hydrogen-bond donors (Lipinski definition) is 2. The second-order valence-electron chi connectivity index (χ2n) is 10.4. The van der Waals surface area contributed by atoms with Crippen molar-refractivity contribution in [3.05, 3.63) is 70.6 Å². The molecule has 9 nitrogen and oxygen atoms in total. The third-order valence-corrected chi connectivity index (χ3v) is 8.58. The number of hydrogen-bond acceptors (Lipinski definition) is 6. The zero-order valence-electron chi connectivity index (χ0n) is 23.0. The van der Waals surface area contributed by atoms with Crippen molar-refractivity contribution >= 4 is 35.2 Å². The molecule has 3 atom stereocenters. The van der Waals surface area contributed by atoms with Gasteiger partial charge in [0.2, 0.25) is 0 Å². The maximum absolute atomic E-state index is 14.2. The van der Waals surface area contributed by atoms with E-state index in [9.17, 15) is 9.59 Å². The molecule has 2 N–H and O–H groups in total. The van der Waals surface area contributed by atoms with Gasteiger partial charge in [0.15, 0.2) is 5.69 Å². The molecule has 0 radical (unpaired) electrons. The molecule has 2 amide bonds. The van der Waals surface area contributed by atoms with Crippen LogP contribution in [0.2, 0.25) is 10.0 Å². The predicted octanol–water partition coefficient (Wildman–Crippen LogP) is 5.58. The monoisotopic (exact) mass is 599 g/mol. The first-order chi connectivity index (χ1) is 20.0. The first-order valence-corrected chi connectivity index (χ1v) is 14.8. The number of methoxy groups -OCH3 is 1. The van der Waals surface area contributed by atoms with Crippen LogP contribution in [0.4, 0.5) is 4.79 Å². The Hall–Kier alpha value is -3.27. The number of aromatic nitrogens is 2. The third kappa shape index (κ3) is 6.80. The summed E-state index contributed by atoms with van der Waals surface area (Å²) in [6, 6.07) is 14.8. The zero-order valence-corrected chi connectivity index (χ0v) is 24.5. The van der Waals surface area contributed by atoms with E-state index in [2.05, 4.69) is 15.2 Å². The molecule has 2 heterocycles. The van der Waals surface area contributed by atoms with Crippen LogP contribution in [0, 0.1) is 0 Å². The Morgan fingerprint density at radius 1 is 1.10 bits per heavy atom. The number of amides is 2. The van der Waals surface area contributed by atoms with Gasteiger partial charge >= 0.3 is 6.09 Å². The van der Waals surface area contributed by atoms with Gasteiger partial charge in [-0.15, -0.1) is 0 Å². The molecular formula is C30H35Cl2N5O4. The molecule has 1 aliphatic carbocycles. The number of carbonyl (C=O) groups excluding carboxylic acids is 2. The Labute approximate surface area is 250 Å². The molecule has 1 saturated carbocycles. The molecule has 1 aliphatic heterocycles. The Kier molecular flexibility index (Phi) is 9.69. The molecule has 1 saturated heterocycles. The molecule has 2 aliphatic rings. The number of benzene rings is 2. The summed E-state index contributed by atoms with van der Waals surface area (Å²) in [7, 11) is 1.37. The molecule has 3 aromatic rings. The third-order valence-electron chi connectivity index (χ3n) is 7.84. The van der Waals surface area contributed by atoms with Gasteiger partial charge in [0.1, 0.15) is 5.75 Å². The van der Waals surface area contributed by atoms with Crippen LogP contribution in [-0.2, 0) is 4.74 Å². The van der Waals surface area contributed by atoms with E-state index < -0.39 is 6.09 Å². The Morgan fingerprint density at radius 3 is 2.68 bits per heavy atom. The fourth-order valence-corrected chi connectivity index (χ4v) is 6.06. The Balaban J connectivity index is 1.40. The van der Waals surface area contributed by atoms with Crippen molar-refractivity contribution in [1.29, 1.82) is 0 Å². The van der Waals surface area contributed by atoms with Crippen LogP contribution in [-0.4, -0.2) is 71.9 Å². The highest BCUT2D eigenvalue weighted by atomic mass is 35.5. The van der Waals surface area contributed by atoms with Crippen LogP contribution in [0.5, 0.6) is 5.75 Å². The zero-order chi connectivity index (χ0) is 28.8. The summed E-state index contributed by atoms with van der Waals surface area (Å²) < 4.78 is 12.9. The molecule has 2 aromatic carbocycles. The maximum Gasteiger partial charge on any atom is 0.407 e. The van der Waals surface area contributed by atoms with E-state index in [1.807, 2.05) is 35.2 Å². The van der Waals surface area contributed by atoms with Crippen LogP contribution in [0.3, 0.4) is 0 Å². The SMILES string of the molecule is COC(=O)N[C@H]1CCCC[C@@H]1n1cnc(C(=O)N2CCNC[C@H]2CCOc2ccc(Cl)c(Cl)c2)c1-c1ccccc1. The minimum Gasteiger partial charge on any atom is -0.493 e. The largest absolute Gasteiger partial charge is 0.493 e. The van der Waals surface area contributed by atoms with Crippen molar-refractivity contribution in [1.82, 2.24) is 25.1 Å². The van der Waals surface area contributed by atoms with E-state index in [1.165, 1.54) is 7.11 Å². The average Bonchev–Trinajstić information content (AvgIpc) is 3.44. The number of nitrogens with zero attached hydrogens (tertiary/aromatic N) is 3. The molecule has 5 rings (SSSR count). The van der Waals surface area contributed by atoms with E-state index >= 15 is 0 Å². The molecule has 11 heteroatoms. The molecule has 0 spiro atoms. The summed E-state index contributed by atoms with van der Waals surface area (Å²) in [5.74, 6) is 0.519. The average molecular weight is 601 g/mol. The number of halogens is 2. The van der Waals surface area contributed by atoms with E-state index in [-0.39, 0.29) is 24.0 Å². The fraction of sp³-hybridized carbons (Fsp3) is 0.433. The van der Waals surface area contributed by atoms with Crippen molar-refractivity contribution in [2.75, 3.05) is 33.4 Å². The van der Waals surface area contributed by atoms with Crippen LogP contribution in [0.15, 0.2) is 54.9 Å². The minimum atomic E-state index is -0.452. The van der Waals surface area contributed by atoms with Gasteiger partial charge in [0.25, 0.3) is 5.91 Å². The van der Waals surface area contributed by atoms with Crippen LogP contribution >= 0.6 is 23.2 Å². The van der Waals surface area contributed by atoms with Crippen molar-refractivity contribution in [2.24, 2.45) is 0 Å². The number of alkyl carbamates (subject to hydrolysis) is 1. The summed E-state index contributed by atoms with van der Waals surface area (Å²) in [4.78, 5) is 32.9. The minimum absolute atomic E-state index is 0.0504. The summed E-state index contributed by atoms with van der Waals surface area (Å²) in [5.41, 5.74) is 2.09. The smallest absolute Gasteiger partial charge is 0.407 e. The summed E-state index contributed by atoms with van der Waals surface area (Å²) >= 11 is 12.1. The lowest BCUT2D eigenvalue weighted by Gasteiger charge is -2.36. The van der Waals surface area contributed by atoms with Crippen molar-refractivity contribution in [3.63, 3.8) is 0 Å². The first kappa shape index (κ1) is 29.2. The molecule has 41 heavy (non-hydrogen) atoms. The number of rotatable bonds is 8. The summed E-state index contributed by atoms with van der Waals surface area (Å²) in [5, 5.41) is 7.32. The van der Waals surface area contributed by atoms with Gasteiger partial charge in [-0.25, -0.2) is 9.78 Å². The number of carbonyl (C=O) groups is 2. The van der Waals surface area contributed by atoms with Crippen LogP contribution in [0.25, 0.3) is 11.3 Å². The van der Waals surface area contributed by atoms with Gasteiger partial charge in [-0.2, -0.15) is 0 Å². The normalized spacial score (nSPS) is 20.9. The van der Waals surface area contributed by atoms with Gasteiger partial charge < -0.3 is 29.6 Å². The lowest BCUT2D eigenvalue weighted by atomic mass is 9.89. The lowest BCUT2D eigenvalue weighted by molar-refractivity contribution is 0.0601. The van der Waals surface area contributed by atoms with Gasteiger partial charge in [0, 0.05) is 43.7 Å². The fourth-order valence-electron chi connectivity index (χ4n) is 5.78. The van der Waals surface area contributed by atoms with Gasteiger partial charge in [0.05, 0.1) is 47.9 Å². The van der Waals surface area contributed by atoms with Crippen LogP contribution < -0.4 is 15.4 Å². The number of nitrogens with one attached hydrogen (secondary N) is 2. The molecular weight excluding hydrogens is 565 g/mol. The molecule has 2 fully saturated rings. The Bertz CT molecular complexity index is 1350. The van der Waals surface area contributed by atoms with Crippen molar-refractivity contribution < 1.29 is 19.1 Å². The Morgan fingerprint density at radius 2 is 1.90 bits per heavy atom. The predicted molar refractivity (Wildman–Crippen MR) is 159 cm³/mol. The van der Waals surface area contributed by atoms with Gasteiger partial charge in [-0.05, 0) is 25.0 Å². The second-order valence-corrected chi connectivity index (χ2v) is 11.2. The highest BCUT2D eigenvalue weighted by Gasteiger charge is 2.35. The number of imidazole rings is 1. The van der Waals surface area contributed by atoms with E-state index in [1.54, 1.807) is 24.5 Å². The van der Waals surface area contributed by atoms with Crippen molar-refractivity contribution in [3.8, 4) is 17.0 Å². The molecule has 1 aromatic heterocycles. The van der Waals surface area contributed by atoms with E-state index in [4.69, 9.17) is 37.7 Å². The van der Waals surface area contributed by atoms with Gasteiger partial charge in [-0.1, -0.05) is 66.4 Å². The maximum atomic E-state index is 14.2. The van der Waals surface area contributed by atoms with Gasteiger partial charge in [-0.3, -0.25) is 4.79 Å². The topological polar surface area (TPSA) is 97.7 Å². The summed E-state index contributed by atoms with van der Waals surface area (Å²) in [6.45, 7) is 2.33. The lowest BCUT2D eigenvalue weighted by Crippen LogP contribution is -2.54. The summed E-state index contributed by atoms with van der Waals surface area (Å²) in [6.07, 6.45) is 5.66. The molecule has 0 unspecified atom stereocenters. The first-order valence-electron chi connectivity index (χ1n) is 14.0. The quantitative estimate of drug-likeness (QED) is 0.351. The van der Waals surface area contributed by atoms with E-state index in [0.29, 0.717) is 54.2 Å². The standard InChI is InChI=1S/C30H35Cl2N5O4/c1-40-30(39)35-25-9-5-6-10-26(25)37-19-34-27(28(37)20-7-3-2-4-8-20)29(38)36-15-14-33-18-21(36)13-16-41-22-11-12-23(31)24(32)17-22/h2-4,7-8,11-12,17,19,21,25-26,33H,5-6,9-10,13-16,18H2,1H3,(H,35,39)/t21-,25+,26+/m1/s1.